The Morgan fingerprint density at radius 3 is 1.99 bits per heavy atom. The first kappa shape index (κ1) is 59.7. The molecule has 1 aromatic heterocycles. The van der Waals surface area contributed by atoms with Crippen molar-refractivity contribution in [2.75, 3.05) is 97.1 Å². The van der Waals surface area contributed by atoms with Crippen LogP contribution >= 0.6 is 11.6 Å². The molecule has 0 saturated heterocycles. The molecule has 26 heteroatoms. The predicted molar refractivity (Wildman–Crippen MR) is 292 cm³/mol. The second-order valence-corrected chi connectivity index (χ2v) is 19.4. The van der Waals surface area contributed by atoms with E-state index in [9.17, 15) is 52.2 Å². The molecular formula is C58H55ClF3N7O15. The van der Waals surface area contributed by atoms with E-state index in [4.69, 9.17) is 44.8 Å². The molecule has 6 aromatic rings. The molecule has 0 bridgehead atoms. The van der Waals surface area contributed by atoms with Gasteiger partial charge in [-0.2, -0.15) is 0 Å². The van der Waals surface area contributed by atoms with Gasteiger partial charge in [0.2, 0.25) is 17.7 Å². The maximum atomic E-state index is 14.8. The molecule has 5 aromatic carbocycles. The Labute approximate surface area is 482 Å². The van der Waals surface area contributed by atoms with E-state index < -0.39 is 52.5 Å². The lowest BCUT2D eigenvalue weighted by atomic mass is 9.77. The number of halogens is 4. The van der Waals surface area contributed by atoms with E-state index in [1.807, 2.05) is 0 Å². The highest BCUT2D eigenvalue weighted by molar-refractivity contribution is 6.32. The summed E-state index contributed by atoms with van der Waals surface area (Å²) in [6.07, 6.45) is 2.22. The number of esters is 1. The number of benzene rings is 5. The molecule has 3 aliphatic heterocycles. The number of carbonyl (C=O) groups is 6. The molecule has 0 aliphatic carbocycles. The van der Waals surface area contributed by atoms with Gasteiger partial charge in [0.1, 0.15) is 36.8 Å². The number of amides is 4. The topological polar surface area (TPSA) is 277 Å². The van der Waals surface area contributed by atoms with Gasteiger partial charge in [-0.15, -0.1) is 0 Å². The van der Waals surface area contributed by atoms with E-state index in [1.165, 1.54) is 36.8 Å². The van der Waals surface area contributed by atoms with E-state index in [1.54, 1.807) is 41.3 Å². The highest BCUT2D eigenvalue weighted by Gasteiger charge is 2.54. The number of nitrogens with one attached hydrogen (secondary N) is 3. The zero-order valence-corrected chi connectivity index (χ0v) is 45.5. The summed E-state index contributed by atoms with van der Waals surface area (Å²) in [7, 11) is 0. The molecule has 1 spiro atoms. The molecule has 84 heavy (non-hydrogen) atoms. The number of rotatable bonds is 26. The zero-order valence-electron chi connectivity index (χ0n) is 44.8. The number of benzodiazepines with no additional fused rings is 1. The average Bonchev–Trinajstić information content (AvgIpc) is 1.70. The van der Waals surface area contributed by atoms with Crippen LogP contribution in [0, 0.1) is 17.5 Å². The van der Waals surface area contributed by atoms with Gasteiger partial charge in [0.15, 0.2) is 28.7 Å². The number of imidazole rings is 1. The van der Waals surface area contributed by atoms with Gasteiger partial charge in [-0.05, 0) is 61.0 Å². The van der Waals surface area contributed by atoms with Crippen molar-refractivity contribution in [1.29, 1.82) is 0 Å². The van der Waals surface area contributed by atoms with Crippen molar-refractivity contribution >= 4 is 58.7 Å². The minimum absolute atomic E-state index is 0.0142. The number of phenols is 2. The van der Waals surface area contributed by atoms with Crippen molar-refractivity contribution in [3.63, 3.8) is 0 Å². The van der Waals surface area contributed by atoms with Crippen LogP contribution in [0.1, 0.15) is 67.1 Å². The quantitative estimate of drug-likeness (QED) is 0.0315. The molecule has 9 rings (SSSR count). The fraction of sp³-hybridized carbons (Fsp3) is 0.310. The van der Waals surface area contributed by atoms with Crippen LogP contribution < -0.4 is 25.6 Å². The van der Waals surface area contributed by atoms with E-state index >= 15 is 0 Å². The first-order valence-corrected chi connectivity index (χ1v) is 26.8. The summed E-state index contributed by atoms with van der Waals surface area (Å²) in [5, 5.41) is 28.7. The minimum atomic E-state index is -1.95. The van der Waals surface area contributed by atoms with Crippen LogP contribution in [0.4, 0.5) is 23.7 Å². The third kappa shape index (κ3) is 13.9. The number of hydrogen-bond acceptors (Lipinski definition) is 17. The lowest BCUT2D eigenvalue weighted by Gasteiger charge is -2.36. The summed E-state index contributed by atoms with van der Waals surface area (Å²) in [6.45, 7) is 2.02. The third-order valence-corrected chi connectivity index (χ3v) is 13.6. The van der Waals surface area contributed by atoms with Gasteiger partial charge in [0.05, 0.1) is 93.1 Å². The first-order valence-electron chi connectivity index (χ1n) is 26.4. The van der Waals surface area contributed by atoms with E-state index in [0.717, 1.165) is 28.8 Å². The Kier molecular flexibility index (Phi) is 19.5. The largest absolute Gasteiger partial charge is 0.505 e. The van der Waals surface area contributed by atoms with Gasteiger partial charge in [-0.1, -0.05) is 29.8 Å². The number of ether oxygens (including phenoxy) is 7. The lowest BCUT2D eigenvalue weighted by Crippen LogP contribution is -2.34. The Morgan fingerprint density at radius 2 is 1.31 bits per heavy atom. The van der Waals surface area contributed by atoms with Crippen LogP contribution in [0.2, 0.25) is 5.02 Å². The van der Waals surface area contributed by atoms with Crippen LogP contribution in [0.15, 0.2) is 102 Å². The summed E-state index contributed by atoms with van der Waals surface area (Å²) in [4.78, 5) is 87.2. The van der Waals surface area contributed by atoms with Crippen LogP contribution in [-0.2, 0) is 54.8 Å². The van der Waals surface area contributed by atoms with Gasteiger partial charge in [-0.25, -0.2) is 32.3 Å². The second-order valence-electron chi connectivity index (χ2n) is 19.0. The molecular weight excluding hydrogens is 1130 g/mol. The molecule has 0 saturated carbocycles. The molecule has 0 fully saturated rings. The van der Waals surface area contributed by atoms with Crippen molar-refractivity contribution in [3.05, 3.63) is 165 Å². The first-order chi connectivity index (χ1) is 40.6. The smallest absolute Gasteiger partial charge is 0.419 e. The summed E-state index contributed by atoms with van der Waals surface area (Å²) < 4.78 is 84.2. The minimum Gasteiger partial charge on any atom is -0.505 e. The zero-order chi connectivity index (χ0) is 59.3. The number of anilines is 1. The summed E-state index contributed by atoms with van der Waals surface area (Å²) in [5.41, 5.74) is -0.0104. The number of hydrogen-bond donors (Lipinski definition) is 5. The fourth-order valence-electron chi connectivity index (χ4n) is 9.43. The van der Waals surface area contributed by atoms with E-state index in [2.05, 4.69) is 25.9 Å². The van der Waals surface area contributed by atoms with Gasteiger partial charge in [-0.3, -0.25) is 24.2 Å². The Bertz CT molecular complexity index is 3450. The molecule has 440 valence electrons. The highest BCUT2D eigenvalue weighted by Crippen LogP contribution is 2.57. The van der Waals surface area contributed by atoms with E-state index in [-0.39, 0.29) is 161 Å². The second kappa shape index (κ2) is 27.5. The normalized spacial score (nSPS) is 13.6. The fourth-order valence-corrected chi connectivity index (χ4v) is 9.60. The van der Waals surface area contributed by atoms with Crippen molar-refractivity contribution in [1.82, 2.24) is 25.5 Å². The lowest BCUT2D eigenvalue weighted by molar-refractivity contribution is -0.122. The van der Waals surface area contributed by atoms with Crippen molar-refractivity contribution < 1.29 is 85.3 Å². The Morgan fingerprint density at radius 1 is 0.679 bits per heavy atom. The molecule has 0 unspecified atom stereocenters. The molecule has 4 amide bonds. The summed E-state index contributed by atoms with van der Waals surface area (Å²) in [6, 6.07) is 19.0. The average molecular weight is 1180 g/mol. The van der Waals surface area contributed by atoms with Crippen molar-refractivity contribution in [3.8, 4) is 23.0 Å². The van der Waals surface area contributed by atoms with Crippen LogP contribution in [0.5, 0.6) is 23.0 Å². The van der Waals surface area contributed by atoms with Crippen LogP contribution in [-0.4, -0.2) is 153 Å². The summed E-state index contributed by atoms with van der Waals surface area (Å²) in [5.74, 6) is -6.71. The number of nitrogens with zero attached hydrogens (tertiary/aromatic N) is 4. The third-order valence-electron chi connectivity index (χ3n) is 13.4. The van der Waals surface area contributed by atoms with Crippen LogP contribution in [0.3, 0.4) is 0 Å². The van der Waals surface area contributed by atoms with Gasteiger partial charge < -0.3 is 64.2 Å². The maximum absolute atomic E-state index is 14.8. The number of aromatic nitrogens is 2. The molecule has 4 heterocycles. The molecule has 0 atom stereocenters. The number of phenolic OH excluding ortho intramolecular Hbond substituents is 2. The van der Waals surface area contributed by atoms with E-state index in [0.29, 0.717) is 40.7 Å². The monoisotopic (exact) mass is 1180 g/mol. The number of carbonyl (C=O) groups excluding carboxylic acids is 6. The standard InChI is InChI=1S/C58H55ClF3N7O15/c59-35-8-10-46-39(25-35)54(37-4-1-2-5-43(37)60)66-31-53(74)69(46)14-3-6-51(72)63-11-15-78-18-20-81-21-19-79-16-12-64-52(73)26-36-32-68(33-67-36)57(77)82-23-22-80-17-13-65-55(75)34-7-9-40-38(24-34)56(76)84-58(40)41-27-44(61)47(70)29-49(41)83-50-30-48(71)45(62)28-42(50)58/h1-2,4-5,7-10,24-25,27-30,32-33,70-71H,3,6,11-23,26,31H2,(H,63,72)(H,64,73)(H,65,75). The van der Waals surface area contributed by atoms with Crippen LogP contribution in [0.25, 0.3) is 0 Å². The van der Waals surface area contributed by atoms with Gasteiger partial charge in [0.25, 0.3) is 5.91 Å². The Balaban J connectivity index is 0.581. The van der Waals surface area contributed by atoms with Crippen molar-refractivity contribution in [2.24, 2.45) is 4.99 Å². The molecule has 3 aliphatic rings. The molecule has 22 nitrogen and oxygen atoms in total. The predicted octanol–water partition coefficient (Wildman–Crippen LogP) is 5.85. The molecule has 5 N–H and O–H groups in total. The highest BCUT2D eigenvalue weighted by atomic mass is 35.5. The molecule has 0 radical (unpaired) electrons. The number of fused-ring (bicyclic) bond motifs is 7. The van der Waals surface area contributed by atoms with Gasteiger partial charge in [0, 0.05) is 78.2 Å². The SMILES string of the molecule is O=C(CCCN1C(=O)CN=C(c2ccccc2F)c2cc(Cl)ccc21)NCCOCCOCCOCCNC(=O)Cc1cn(C(=O)OCCOCCNC(=O)c2ccc3c(c2)C(=O)OC32c3cc(F)c(O)cc3Oc3cc(O)c(F)cc32)cn1. The number of aliphatic imine (C=N–C) groups is 1. The van der Waals surface area contributed by atoms with Gasteiger partial charge >= 0.3 is 12.1 Å². The maximum Gasteiger partial charge on any atom is 0.419 e. The van der Waals surface area contributed by atoms with Crippen molar-refractivity contribution in [2.45, 2.75) is 24.9 Å². The number of aromatic hydroxyl groups is 2. The summed E-state index contributed by atoms with van der Waals surface area (Å²) >= 11 is 6.29. The Hall–Kier alpha value is -8.88.